The molecule has 0 aliphatic heterocycles. The molecule has 3 rings (SSSR count). The predicted octanol–water partition coefficient (Wildman–Crippen LogP) is 3.49. The number of carbonyl (C=O) groups is 1. The van der Waals surface area contributed by atoms with Gasteiger partial charge >= 0.3 is 5.97 Å². The van der Waals surface area contributed by atoms with Crippen LogP contribution in [0.3, 0.4) is 0 Å². The molecule has 0 bridgehead atoms. The molecule has 0 aliphatic carbocycles. The first kappa shape index (κ1) is 16.9. The lowest BCUT2D eigenvalue weighted by molar-refractivity contribution is 0.0697. The molecule has 0 spiro atoms. The fourth-order valence-electron chi connectivity index (χ4n) is 2.26. The number of benzene rings is 2. The fraction of sp³-hybridized carbons (Fsp3) is 0.111. The third-order valence-electron chi connectivity index (χ3n) is 3.69. The van der Waals surface area contributed by atoms with Crippen LogP contribution in [0, 0.1) is 0 Å². The SMILES string of the molecule is CCS(=O)(=O)c1ccc2oc(/C=C/c3ccc(C(=O)O)cc3)nc2c1. The van der Waals surface area contributed by atoms with Crippen molar-refractivity contribution in [1.82, 2.24) is 4.98 Å². The zero-order valence-corrected chi connectivity index (χ0v) is 14.2. The smallest absolute Gasteiger partial charge is 0.335 e. The molecule has 128 valence electrons. The largest absolute Gasteiger partial charge is 0.478 e. The van der Waals surface area contributed by atoms with E-state index in [4.69, 9.17) is 9.52 Å². The van der Waals surface area contributed by atoms with E-state index in [1.54, 1.807) is 37.3 Å². The van der Waals surface area contributed by atoms with Crippen molar-refractivity contribution < 1.29 is 22.7 Å². The second kappa shape index (κ2) is 6.52. The standard InChI is InChI=1S/C18H15NO5S/c1-2-25(22,23)14-8-9-16-15(11-14)19-17(24-16)10-5-12-3-6-13(7-4-12)18(20)21/h3-11H,2H2,1H3,(H,20,21)/b10-5+. The van der Waals surface area contributed by atoms with Gasteiger partial charge in [0.1, 0.15) is 5.52 Å². The van der Waals surface area contributed by atoms with Gasteiger partial charge in [0.25, 0.3) is 0 Å². The topological polar surface area (TPSA) is 97.5 Å². The molecule has 1 N–H and O–H groups in total. The minimum absolute atomic E-state index is 0.0233. The van der Waals surface area contributed by atoms with Crippen LogP contribution in [0.5, 0.6) is 0 Å². The summed E-state index contributed by atoms with van der Waals surface area (Å²) in [6, 6.07) is 11.0. The van der Waals surface area contributed by atoms with Gasteiger partial charge in [-0.1, -0.05) is 19.1 Å². The average molecular weight is 357 g/mol. The number of fused-ring (bicyclic) bond motifs is 1. The van der Waals surface area contributed by atoms with Gasteiger partial charge in [0.2, 0.25) is 5.89 Å². The van der Waals surface area contributed by atoms with E-state index in [-0.39, 0.29) is 16.2 Å². The molecule has 0 aliphatic rings. The Morgan fingerprint density at radius 3 is 2.52 bits per heavy atom. The maximum Gasteiger partial charge on any atom is 0.335 e. The second-order valence-electron chi connectivity index (χ2n) is 5.35. The fourth-order valence-corrected chi connectivity index (χ4v) is 3.16. The summed E-state index contributed by atoms with van der Waals surface area (Å²) in [5, 5.41) is 8.88. The summed E-state index contributed by atoms with van der Waals surface area (Å²) in [5.41, 5.74) is 1.97. The van der Waals surface area contributed by atoms with Crippen molar-refractivity contribution >= 4 is 39.1 Å². The normalized spacial score (nSPS) is 12.0. The van der Waals surface area contributed by atoms with Crippen LogP contribution in [0.2, 0.25) is 0 Å². The molecule has 0 saturated carbocycles. The van der Waals surface area contributed by atoms with Crippen molar-refractivity contribution in [2.24, 2.45) is 0 Å². The van der Waals surface area contributed by atoms with E-state index in [9.17, 15) is 13.2 Å². The van der Waals surface area contributed by atoms with E-state index in [0.717, 1.165) is 5.56 Å². The first-order valence-electron chi connectivity index (χ1n) is 7.54. The Labute approximate surface area is 144 Å². The highest BCUT2D eigenvalue weighted by atomic mass is 32.2. The summed E-state index contributed by atoms with van der Waals surface area (Å²) in [7, 11) is -3.29. The van der Waals surface area contributed by atoms with Gasteiger partial charge in [0.15, 0.2) is 15.4 Å². The Kier molecular flexibility index (Phi) is 4.41. The summed E-state index contributed by atoms with van der Waals surface area (Å²) >= 11 is 0. The van der Waals surface area contributed by atoms with E-state index in [2.05, 4.69) is 4.98 Å². The number of sulfone groups is 1. The molecular weight excluding hydrogens is 342 g/mol. The number of carboxylic acid groups (broad SMARTS) is 1. The van der Waals surface area contributed by atoms with Crippen molar-refractivity contribution in [3.8, 4) is 0 Å². The van der Waals surface area contributed by atoms with E-state index in [0.29, 0.717) is 17.0 Å². The lowest BCUT2D eigenvalue weighted by Gasteiger charge is -1.99. The number of oxazole rings is 1. The molecule has 3 aromatic rings. The van der Waals surface area contributed by atoms with Gasteiger partial charge in [-0.25, -0.2) is 18.2 Å². The quantitative estimate of drug-likeness (QED) is 0.751. The predicted molar refractivity (Wildman–Crippen MR) is 94.1 cm³/mol. The molecule has 2 aromatic carbocycles. The highest BCUT2D eigenvalue weighted by Gasteiger charge is 2.14. The molecule has 0 fully saturated rings. The number of hydrogen-bond donors (Lipinski definition) is 1. The number of rotatable bonds is 5. The third-order valence-corrected chi connectivity index (χ3v) is 5.42. The van der Waals surface area contributed by atoms with Crippen LogP contribution in [0.1, 0.15) is 28.7 Å². The van der Waals surface area contributed by atoms with Crippen LogP contribution in [-0.2, 0) is 9.84 Å². The van der Waals surface area contributed by atoms with Gasteiger partial charge in [0, 0.05) is 6.08 Å². The van der Waals surface area contributed by atoms with Crippen molar-refractivity contribution in [2.75, 3.05) is 5.75 Å². The average Bonchev–Trinajstić information content (AvgIpc) is 3.02. The maximum atomic E-state index is 11.9. The van der Waals surface area contributed by atoms with E-state index < -0.39 is 15.8 Å². The number of hydrogen-bond acceptors (Lipinski definition) is 5. The molecule has 0 saturated heterocycles. The Morgan fingerprint density at radius 1 is 1.16 bits per heavy atom. The van der Waals surface area contributed by atoms with Crippen LogP contribution >= 0.6 is 0 Å². The molecule has 0 atom stereocenters. The van der Waals surface area contributed by atoms with Crippen molar-refractivity contribution in [2.45, 2.75) is 11.8 Å². The van der Waals surface area contributed by atoms with Crippen LogP contribution in [-0.4, -0.2) is 30.2 Å². The van der Waals surface area contributed by atoms with Crippen molar-refractivity contribution in [1.29, 1.82) is 0 Å². The highest BCUT2D eigenvalue weighted by Crippen LogP contribution is 2.22. The second-order valence-corrected chi connectivity index (χ2v) is 7.62. The van der Waals surface area contributed by atoms with E-state index in [1.165, 1.54) is 24.3 Å². The number of nitrogens with zero attached hydrogens (tertiary/aromatic N) is 1. The molecule has 7 heteroatoms. The summed E-state index contributed by atoms with van der Waals surface area (Å²) in [6.07, 6.45) is 3.38. The number of aromatic carboxylic acids is 1. The summed E-state index contributed by atoms with van der Waals surface area (Å²) < 4.78 is 29.4. The zero-order valence-electron chi connectivity index (χ0n) is 13.3. The van der Waals surface area contributed by atoms with Gasteiger partial charge in [-0.2, -0.15) is 0 Å². The molecule has 0 amide bonds. The minimum atomic E-state index is -3.29. The van der Waals surface area contributed by atoms with Gasteiger partial charge in [-0.05, 0) is 42.0 Å². The molecule has 0 radical (unpaired) electrons. The Balaban J connectivity index is 1.88. The van der Waals surface area contributed by atoms with Crippen LogP contribution in [0.4, 0.5) is 0 Å². The van der Waals surface area contributed by atoms with Gasteiger partial charge < -0.3 is 9.52 Å². The van der Waals surface area contributed by atoms with Crippen molar-refractivity contribution in [3.63, 3.8) is 0 Å². The number of carboxylic acids is 1. The lowest BCUT2D eigenvalue weighted by atomic mass is 10.1. The number of aromatic nitrogens is 1. The summed E-state index contributed by atoms with van der Waals surface area (Å²) in [5.74, 6) is -0.620. The van der Waals surface area contributed by atoms with Gasteiger partial charge in [-0.3, -0.25) is 0 Å². The van der Waals surface area contributed by atoms with E-state index in [1.807, 2.05) is 0 Å². The molecule has 25 heavy (non-hydrogen) atoms. The summed E-state index contributed by atoms with van der Waals surface area (Å²) in [4.78, 5) is 15.3. The molecular formula is C18H15NO5S. The molecule has 0 unspecified atom stereocenters. The van der Waals surface area contributed by atoms with Crippen LogP contribution in [0.15, 0.2) is 51.8 Å². The Hall–Kier alpha value is -2.93. The third kappa shape index (κ3) is 3.61. The maximum absolute atomic E-state index is 11.9. The minimum Gasteiger partial charge on any atom is -0.478 e. The van der Waals surface area contributed by atoms with Crippen LogP contribution < -0.4 is 0 Å². The monoisotopic (exact) mass is 357 g/mol. The first-order valence-corrected chi connectivity index (χ1v) is 9.19. The van der Waals surface area contributed by atoms with Gasteiger partial charge in [-0.15, -0.1) is 0 Å². The first-order chi connectivity index (χ1) is 11.9. The lowest BCUT2D eigenvalue weighted by Crippen LogP contribution is -2.03. The van der Waals surface area contributed by atoms with Gasteiger partial charge in [0.05, 0.1) is 16.2 Å². The highest BCUT2D eigenvalue weighted by molar-refractivity contribution is 7.91. The molecule has 6 nitrogen and oxygen atoms in total. The van der Waals surface area contributed by atoms with E-state index >= 15 is 0 Å². The van der Waals surface area contributed by atoms with Crippen molar-refractivity contribution in [3.05, 3.63) is 59.5 Å². The van der Waals surface area contributed by atoms with Crippen LogP contribution in [0.25, 0.3) is 23.3 Å². The Bertz CT molecular complexity index is 1060. The molecule has 1 aromatic heterocycles. The summed E-state index contributed by atoms with van der Waals surface area (Å²) in [6.45, 7) is 1.59. The Morgan fingerprint density at radius 2 is 1.88 bits per heavy atom. The zero-order chi connectivity index (χ0) is 18.0. The molecule has 1 heterocycles.